The fourth-order valence-corrected chi connectivity index (χ4v) is 4.08. The first-order chi connectivity index (χ1) is 8.40. The Balaban J connectivity index is 2.22. The van der Waals surface area contributed by atoms with Crippen molar-refractivity contribution >= 4 is 44.8 Å². The van der Waals surface area contributed by atoms with Crippen LogP contribution < -0.4 is 4.72 Å². The van der Waals surface area contributed by atoms with Gasteiger partial charge < -0.3 is 0 Å². The van der Waals surface area contributed by atoms with Crippen molar-refractivity contribution < 1.29 is 8.42 Å². The third-order valence-corrected chi connectivity index (χ3v) is 5.69. The van der Waals surface area contributed by atoms with Gasteiger partial charge in [0, 0.05) is 11.4 Å². The maximum absolute atomic E-state index is 12.1. The fraction of sp³-hybridized carbons (Fsp3) is 0.455. The van der Waals surface area contributed by atoms with E-state index in [-0.39, 0.29) is 21.3 Å². The average Bonchev–Trinajstić information content (AvgIpc) is 2.67. The van der Waals surface area contributed by atoms with Crippen molar-refractivity contribution in [2.75, 3.05) is 0 Å². The van der Waals surface area contributed by atoms with Crippen LogP contribution in [0, 0.1) is 0 Å². The number of hydrogen-bond donors (Lipinski definition) is 1. The normalized spacial score (nSPS) is 24.4. The van der Waals surface area contributed by atoms with Gasteiger partial charge in [-0.25, -0.2) is 13.1 Å². The van der Waals surface area contributed by atoms with Crippen LogP contribution in [-0.2, 0) is 10.0 Å². The molecule has 18 heavy (non-hydrogen) atoms. The van der Waals surface area contributed by atoms with Crippen molar-refractivity contribution in [1.29, 1.82) is 0 Å². The van der Waals surface area contributed by atoms with Gasteiger partial charge in [0.2, 0.25) is 10.0 Å². The van der Waals surface area contributed by atoms with Crippen molar-refractivity contribution in [3.63, 3.8) is 0 Å². The fourth-order valence-electron chi connectivity index (χ4n) is 1.96. The van der Waals surface area contributed by atoms with Crippen LogP contribution in [0.5, 0.6) is 0 Å². The molecular weight excluding hydrogens is 317 g/mol. The zero-order valence-corrected chi connectivity index (χ0v) is 12.5. The van der Waals surface area contributed by atoms with E-state index in [9.17, 15) is 8.42 Å². The third kappa shape index (κ3) is 3.11. The first-order valence-electron chi connectivity index (χ1n) is 5.51. The van der Waals surface area contributed by atoms with Crippen LogP contribution in [0.25, 0.3) is 0 Å². The van der Waals surface area contributed by atoms with E-state index in [0.29, 0.717) is 5.02 Å². The predicted octanol–water partition coefficient (Wildman–Crippen LogP) is 3.43. The summed E-state index contributed by atoms with van der Waals surface area (Å²) in [5, 5.41) is 0.391. The zero-order valence-electron chi connectivity index (χ0n) is 9.37. The van der Waals surface area contributed by atoms with Gasteiger partial charge in [0.15, 0.2) is 0 Å². The monoisotopic (exact) mass is 327 g/mol. The number of alkyl halides is 1. The van der Waals surface area contributed by atoms with Gasteiger partial charge in [-0.3, -0.25) is 0 Å². The minimum absolute atomic E-state index is 0.104. The van der Waals surface area contributed by atoms with Crippen LogP contribution >= 0.6 is 34.8 Å². The molecule has 100 valence electrons. The lowest BCUT2D eigenvalue weighted by Gasteiger charge is -2.16. The molecule has 0 heterocycles. The van der Waals surface area contributed by atoms with Crippen LogP contribution in [0.4, 0.5) is 0 Å². The third-order valence-electron chi connectivity index (χ3n) is 2.94. The molecule has 0 spiro atoms. The standard InChI is InChI=1S/C11H12Cl3NO2S/c12-8-5-4-7(6-10(8)14)18(16,17)15-11-3-1-2-9(11)13/h4-6,9,11,15H,1-3H2. The molecular formula is C11H12Cl3NO2S. The minimum Gasteiger partial charge on any atom is -0.207 e. The van der Waals surface area contributed by atoms with Gasteiger partial charge in [0.05, 0.1) is 14.9 Å². The minimum atomic E-state index is -3.59. The molecule has 1 saturated carbocycles. The number of sulfonamides is 1. The number of halogens is 3. The first kappa shape index (κ1) is 14.4. The van der Waals surface area contributed by atoms with Gasteiger partial charge in [-0.1, -0.05) is 29.6 Å². The molecule has 2 unspecified atom stereocenters. The summed E-state index contributed by atoms with van der Waals surface area (Å²) in [4.78, 5) is 0.104. The topological polar surface area (TPSA) is 46.2 Å². The molecule has 0 aromatic heterocycles. The van der Waals surface area contributed by atoms with E-state index >= 15 is 0 Å². The highest BCUT2D eigenvalue weighted by Crippen LogP contribution is 2.28. The second-order valence-electron chi connectivity index (χ2n) is 4.25. The lowest BCUT2D eigenvalue weighted by molar-refractivity contribution is 0.554. The Morgan fingerprint density at radius 1 is 1.17 bits per heavy atom. The Kier molecular flexibility index (Phi) is 4.44. The number of nitrogens with one attached hydrogen (secondary N) is 1. The SMILES string of the molecule is O=S(=O)(NC1CCCC1Cl)c1ccc(Cl)c(Cl)c1. The number of benzene rings is 1. The molecule has 2 rings (SSSR count). The zero-order chi connectivity index (χ0) is 13.3. The van der Waals surface area contributed by atoms with E-state index in [4.69, 9.17) is 34.8 Å². The van der Waals surface area contributed by atoms with Gasteiger partial charge >= 0.3 is 0 Å². The number of hydrogen-bond acceptors (Lipinski definition) is 2. The van der Waals surface area contributed by atoms with Crippen molar-refractivity contribution in [1.82, 2.24) is 4.72 Å². The molecule has 1 fully saturated rings. The molecule has 0 radical (unpaired) electrons. The van der Waals surface area contributed by atoms with Gasteiger partial charge in [0.1, 0.15) is 0 Å². The van der Waals surface area contributed by atoms with E-state index in [1.54, 1.807) is 0 Å². The second-order valence-corrected chi connectivity index (χ2v) is 7.34. The summed E-state index contributed by atoms with van der Waals surface area (Å²) >= 11 is 17.6. The lowest BCUT2D eigenvalue weighted by atomic mass is 10.3. The summed E-state index contributed by atoms with van der Waals surface area (Å²) in [5.74, 6) is 0. The Morgan fingerprint density at radius 3 is 2.44 bits per heavy atom. The van der Waals surface area contributed by atoms with Gasteiger partial charge in [0.25, 0.3) is 0 Å². The van der Waals surface area contributed by atoms with Crippen molar-refractivity contribution in [2.24, 2.45) is 0 Å². The molecule has 1 aromatic carbocycles. The maximum atomic E-state index is 12.1. The lowest BCUT2D eigenvalue weighted by Crippen LogP contribution is -2.37. The van der Waals surface area contributed by atoms with Gasteiger partial charge in [-0.05, 0) is 31.0 Å². The molecule has 0 aliphatic heterocycles. The molecule has 1 aliphatic carbocycles. The van der Waals surface area contributed by atoms with E-state index in [0.717, 1.165) is 19.3 Å². The molecule has 1 N–H and O–H groups in total. The second kappa shape index (κ2) is 5.55. The molecule has 0 amide bonds. The van der Waals surface area contributed by atoms with Crippen LogP contribution in [0.1, 0.15) is 19.3 Å². The highest BCUT2D eigenvalue weighted by Gasteiger charge is 2.30. The average molecular weight is 329 g/mol. The van der Waals surface area contributed by atoms with E-state index in [1.165, 1.54) is 18.2 Å². The Hall–Kier alpha value is -0.000000000000000111. The van der Waals surface area contributed by atoms with Gasteiger partial charge in [-0.15, -0.1) is 11.6 Å². The predicted molar refractivity (Wildman–Crippen MR) is 74.1 cm³/mol. The van der Waals surface area contributed by atoms with E-state index < -0.39 is 10.0 Å². The largest absolute Gasteiger partial charge is 0.240 e. The van der Waals surface area contributed by atoms with E-state index in [2.05, 4.69) is 4.72 Å². The van der Waals surface area contributed by atoms with Crippen LogP contribution in [0.15, 0.2) is 23.1 Å². The smallest absolute Gasteiger partial charge is 0.207 e. The Morgan fingerprint density at radius 2 is 1.89 bits per heavy atom. The summed E-state index contributed by atoms with van der Waals surface area (Å²) in [6, 6.07) is 4.01. The number of rotatable bonds is 3. The quantitative estimate of drug-likeness (QED) is 0.864. The highest BCUT2D eigenvalue weighted by atomic mass is 35.5. The van der Waals surface area contributed by atoms with Crippen molar-refractivity contribution in [2.45, 2.75) is 35.6 Å². The molecule has 1 aromatic rings. The molecule has 0 bridgehead atoms. The molecule has 0 saturated heterocycles. The van der Waals surface area contributed by atoms with Crippen LogP contribution in [0.3, 0.4) is 0 Å². The molecule has 3 nitrogen and oxygen atoms in total. The molecule has 1 aliphatic rings. The Labute approximate surface area is 121 Å². The summed E-state index contributed by atoms with van der Waals surface area (Å²) in [7, 11) is -3.59. The van der Waals surface area contributed by atoms with E-state index in [1.807, 2.05) is 0 Å². The summed E-state index contributed by atoms with van der Waals surface area (Å²) in [5.41, 5.74) is 0. The molecule has 2 atom stereocenters. The summed E-state index contributed by atoms with van der Waals surface area (Å²) in [6.07, 6.45) is 2.52. The van der Waals surface area contributed by atoms with Crippen molar-refractivity contribution in [3.8, 4) is 0 Å². The summed E-state index contributed by atoms with van der Waals surface area (Å²) < 4.78 is 26.9. The molecule has 7 heteroatoms. The maximum Gasteiger partial charge on any atom is 0.240 e. The summed E-state index contributed by atoms with van der Waals surface area (Å²) in [6.45, 7) is 0. The van der Waals surface area contributed by atoms with Crippen LogP contribution in [-0.4, -0.2) is 19.8 Å². The highest BCUT2D eigenvalue weighted by molar-refractivity contribution is 7.89. The Bertz CT molecular complexity index is 547. The first-order valence-corrected chi connectivity index (χ1v) is 8.19. The van der Waals surface area contributed by atoms with Gasteiger partial charge in [-0.2, -0.15) is 0 Å². The van der Waals surface area contributed by atoms with Crippen LogP contribution in [0.2, 0.25) is 10.0 Å². The van der Waals surface area contributed by atoms with Crippen molar-refractivity contribution in [3.05, 3.63) is 28.2 Å².